The third-order valence-corrected chi connectivity index (χ3v) is 5.50. The number of unbranched alkanes of at least 4 members (excludes halogenated alkanes) is 10. The summed E-state index contributed by atoms with van der Waals surface area (Å²) >= 11 is 0. The molecule has 0 aromatic rings. The van der Waals surface area contributed by atoms with Crippen molar-refractivity contribution >= 4 is 13.6 Å². The van der Waals surface area contributed by atoms with Gasteiger partial charge in [-0.05, 0) is 6.42 Å². The molecule has 0 fully saturated rings. The lowest BCUT2D eigenvalue weighted by molar-refractivity contribution is -0.126. The predicted octanol–water partition coefficient (Wildman–Crippen LogP) is 3.07. The third kappa shape index (κ3) is 15.6. The van der Waals surface area contributed by atoms with Crippen LogP contribution < -0.4 is 5.73 Å². The van der Waals surface area contributed by atoms with Gasteiger partial charge in [0.15, 0.2) is 5.78 Å². The summed E-state index contributed by atoms with van der Waals surface area (Å²) in [5.41, 5.74) is 5.47. The summed E-state index contributed by atoms with van der Waals surface area (Å²) < 4.78 is 21.1. The average molecular weight is 426 g/mol. The Morgan fingerprint density at radius 1 is 1.00 bits per heavy atom. The molecule has 0 saturated carbocycles. The molecule has 168 valence electrons. The molecular weight excluding hydrogens is 385 g/mol. The van der Waals surface area contributed by atoms with Crippen molar-refractivity contribution in [1.82, 2.24) is 0 Å². The standard InChI is InChI=1S/C19H40NO7P/c1-2-3-4-5-6-7-8-9-10-11-12-13-18(23)19(14-20)27-28(24,25)26-16-17(22)15-21/h17,19,21-22H,2-16,20H2,1H3,(H,24,25)/t17-,19?/m1/s1. The quantitative estimate of drug-likeness (QED) is 0.172. The van der Waals surface area contributed by atoms with Crippen LogP contribution in [0.15, 0.2) is 0 Å². The Hall–Kier alpha value is -0.340. The number of hydrogen-bond donors (Lipinski definition) is 4. The van der Waals surface area contributed by atoms with Crippen LogP contribution in [0.3, 0.4) is 0 Å². The molecular formula is C19H40NO7P. The molecule has 0 aromatic heterocycles. The molecule has 3 atom stereocenters. The minimum atomic E-state index is -4.53. The summed E-state index contributed by atoms with van der Waals surface area (Å²) in [6, 6.07) is 0. The van der Waals surface area contributed by atoms with Gasteiger partial charge in [-0.1, -0.05) is 71.1 Å². The maximum Gasteiger partial charge on any atom is 0.473 e. The van der Waals surface area contributed by atoms with Gasteiger partial charge in [0.25, 0.3) is 0 Å². The number of carbonyl (C=O) groups is 1. The second-order valence-corrected chi connectivity index (χ2v) is 8.59. The Labute approximate surface area is 169 Å². The number of Topliss-reactive ketones (excluding diaryl/α,β-unsaturated/α-hetero) is 1. The molecule has 0 heterocycles. The molecule has 28 heavy (non-hydrogen) atoms. The van der Waals surface area contributed by atoms with Crippen molar-refractivity contribution in [2.24, 2.45) is 5.73 Å². The number of ketones is 1. The maximum atomic E-state index is 12.1. The third-order valence-electron chi connectivity index (χ3n) is 4.50. The fraction of sp³-hybridized carbons (Fsp3) is 0.947. The van der Waals surface area contributed by atoms with E-state index >= 15 is 0 Å². The van der Waals surface area contributed by atoms with Gasteiger partial charge < -0.3 is 20.8 Å². The van der Waals surface area contributed by atoms with E-state index in [-0.39, 0.29) is 18.7 Å². The van der Waals surface area contributed by atoms with E-state index in [4.69, 9.17) is 20.5 Å². The number of carbonyl (C=O) groups excluding carboxylic acids is 1. The topological polar surface area (TPSA) is 139 Å². The van der Waals surface area contributed by atoms with Gasteiger partial charge in [-0.15, -0.1) is 0 Å². The minimum absolute atomic E-state index is 0.229. The summed E-state index contributed by atoms with van der Waals surface area (Å²) in [4.78, 5) is 21.7. The second-order valence-electron chi connectivity index (χ2n) is 7.18. The van der Waals surface area contributed by atoms with Crippen molar-refractivity contribution in [2.75, 3.05) is 19.8 Å². The van der Waals surface area contributed by atoms with Crippen molar-refractivity contribution in [3.05, 3.63) is 0 Å². The van der Waals surface area contributed by atoms with E-state index in [0.717, 1.165) is 19.3 Å². The van der Waals surface area contributed by atoms with Crippen LogP contribution in [0.2, 0.25) is 0 Å². The molecule has 0 radical (unpaired) electrons. The summed E-state index contributed by atoms with van der Waals surface area (Å²) in [5, 5.41) is 17.8. The number of aliphatic hydroxyl groups excluding tert-OH is 2. The van der Waals surface area contributed by atoms with Gasteiger partial charge in [-0.25, -0.2) is 4.57 Å². The van der Waals surface area contributed by atoms with Crippen LogP contribution >= 0.6 is 7.82 Å². The van der Waals surface area contributed by atoms with Crippen molar-refractivity contribution in [3.8, 4) is 0 Å². The van der Waals surface area contributed by atoms with Crippen LogP contribution in [-0.2, 0) is 18.4 Å². The first-order chi connectivity index (χ1) is 13.4. The van der Waals surface area contributed by atoms with Gasteiger partial charge in [0.1, 0.15) is 12.2 Å². The number of hydrogen-bond acceptors (Lipinski definition) is 7. The van der Waals surface area contributed by atoms with Crippen LogP contribution in [0.5, 0.6) is 0 Å². The molecule has 0 spiro atoms. The smallest absolute Gasteiger partial charge is 0.394 e. The highest BCUT2D eigenvalue weighted by Gasteiger charge is 2.30. The van der Waals surface area contributed by atoms with Gasteiger partial charge in [0.2, 0.25) is 0 Å². The van der Waals surface area contributed by atoms with E-state index in [1.54, 1.807) is 0 Å². The molecule has 0 rings (SSSR count). The van der Waals surface area contributed by atoms with E-state index in [1.807, 2.05) is 0 Å². The van der Waals surface area contributed by atoms with Gasteiger partial charge in [-0.2, -0.15) is 0 Å². The van der Waals surface area contributed by atoms with Gasteiger partial charge in [0.05, 0.1) is 13.2 Å². The molecule has 0 saturated heterocycles. The number of phosphoric ester groups is 1. The molecule has 0 amide bonds. The van der Waals surface area contributed by atoms with E-state index < -0.39 is 33.2 Å². The molecule has 0 bridgehead atoms. The van der Waals surface area contributed by atoms with Crippen LogP contribution in [0.4, 0.5) is 0 Å². The van der Waals surface area contributed by atoms with Gasteiger partial charge in [-0.3, -0.25) is 13.8 Å². The minimum Gasteiger partial charge on any atom is -0.394 e. The van der Waals surface area contributed by atoms with Crippen molar-refractivity contribution in [1.29, 1.82) is 0 Å². The highest BCUT2D eigenvalue weighted by Crippen LogP contribution is 2.44. The molecule has 0 aliphatic rings. The van der Waals surface area contributed by atoms with Crippen LogP contribution in [-0.4, -0.2) is 52.9 Å². The Bertz CT molecular complexity index is 437. The van der Waals surface area contributed by atoms with Gasteiger partial charge >= 0.3 is 7.82 Å². The monoisotopic (exact) mass is 425 g/mol. The second kappa shape index (κ2) is 17.5. The molecule has 0 aliphatic carbocycles. The average Bonchev–Trinajstić information content (AvgIpc) is 2.68. The number of nitrogens with two attached hydrogens (primary N) is 1. The zero-order valence-electron chi connectivity index (χ0n) is 17.3. The fourth-order valence-electron chi connectivity index (χ4n) is 2.78. The lowest BCUT2D eigenvalue weighted by Gasteiger charge is -2.19. The molecule has 9 heteroatoms. The summed E-state index contributed by atoms with van der Waals surface area (Å²) in [6.07, 6.45) is 10.6. The van der Waals surface area contributed by atoms with Crippen LogP contribution in [0, 0.1) is 0 Å². The number of phosphoric acid groups is 1. The highest BCUT2D eigenvalue weighted by atomic mass is 31.2. The van der Waals surface area contributed by atoms with E-state index in [2.05, 4.69) is 11.4 Å². The molecule has 2 unspecified atom stereocenters. The first-order valence-corrected chi connectivity index (χ1v) is 12.0. The zero-order valence-corrected chi connectivity index (χ0v) is 18.2. The lowest BCUT2D eigenvalue weighted by atomic mass is 10.0. The molecule has 0 aliphatic heterocycles. The Morgan fingerprint density at radius 3 is 1.96 bits per heavy atom. The number of aliphatic hydroxyl groups is 2. The van der Waals surface area contributed by atoms with Crippen molar-refractivity contribution in [3.63, 3.8) is 0 Å². The molecule has 5 N–H and O–H groups in total. The first-order valence-electron chi connectivity index (χ1n) is 10.5. The molecule has 0 aromatic carbocycles. The summed E-state index contributed by atoms with van der Waals surface area (Å²) in [7, 11) is -4.53. The fourth-order valence-corrected chi connectivity index (χ4v) is 3.73. The predicted molar refractivity (Wildman–Crippen MR) is 109 cm³/mol. The lowest BCUT2D eigenvalue weighted by Crippen LogP contribution is -2.32. The van der Waals surface area contributed by atoms with E-state index in [9.17, 15) is 14.3 Å². The first kappa shape index (κ1) is 27.7. The zero-order chi connectivity index (χ0) is 21.3. The number of rotatable bonds is 20. The normalized spacial score (nSPS) is 15.9. The summed E-state index contributed by atoms with van der Waals surface area (Å²) in [5.74, 6) is -0.334. The van der Waals surface area contributed by atoms with Crippen LogP contribution in [0.1, 0.15) is 84.0 Å². The van der Waals surface area contributed by atoms with E-state index in [0.29, 0.717) is 6.42 Å². The Morgan fingerprint density at radius 2 is 1.50 bits per heavy atom. The van der Waals surface area contributed by atoms with Gasteiger partial charge in [0, 0.05) is 13.0 Å². The Kier molecular flexibility index (Phi) is 17.3. The molecule has 8 nitrogen and oxygen atoms in total. The SMILES string of the molecule is CCCCCCCCCCCCCC(=O)C(CN)OP(=O)(O)OC[C@H](O)CO. The highest BCUT2D eigenvalue weighted by molar-refractivity contribution is 7.47. The van der Waals surface area contributed by atoms with E-state index in [1.165, 1.54) is 44.9 Å². The Balaban J connectivity index is 3.86. The maximum absolute atomic E-state index is 12.1. The van der Waals surface area contributed by atoms with Crippen LogP contribution in [0.25, 0.3) is 0 Å². The van der Waals surface area contributed by atoms with Crippen molar-refractivity contribution in [2.45, 2.75) is 96.2 Å². The van der Waals surface area contributed by atoms with Crippen molar-refractivity contribution < 1.29 is 33.5 Å². The summed E-state index contributed by atoms with van der Waals surface area (Å²) in [6.45, 7) is 0.799. The largest absolute Gasteiger partial charge is 0.473 e.